The molecular weight excluding hydrogens is 363 g/mol. The molecule has 2 amide bonds. The summed E-state index contributed by atoms with van der Waals surface area (Å²) in [5, 5.41) is 2.71. The minimum Gasteiger partial charge on any atom is -0.481 e. The Hall–Kier alpha value is -3.61. The van der Waals surface area contributed by atoms with Crippen LogP contribution in [0.4, 0.5) is 15.8 Å². The number of hydrogen-bond acceptors (Lipinski definition) is 4. The fourth-order valence-corrected chi connectivity index (χ4v) is 3.10. The van der Waals surface area contributed by atoms with Gasteiger partial charge in [-0.25, -0.2) is 4.39 Å². The molecule has 4 rings (SSSR count). The van der Waals surface area contributed by atoms with Crippen molar-refractivity contribution in [3.8, 4) is 5.75 Å². The van der Waals surface area contributed by atoms with Crippen molar-refractivity contribution < 1.29 is 23.1 Å². The van der Waals surface area contributed by atoms with Crippen molar-refractivity contribution in [1.29, 1.82) is 0 Å². The van der Waals surface area contributed by atoms with Crippen molar-refractivity contribution in [1.82, 2.24) is 0 Å². The second kappa shape index (κ2) is 7.56. The first-order valence-electron chi connectivity index (χ1n) is 8.77. The Morgan fingerprint density at radius 2 is 2.00 bits per heavy atom. The third kappa shape index (κ3) is 3.59. The maximum atomic E-state index is 13.6. The average molecular weight is 380 g/mol. The van der Waals surface area contributed by atoms with Gasteiger partial charge in [0.05, 0.1) is 6.26 Å². The molecule has 0 spiro atoms. The Morgan fingerprint density at radius 1 is 1.14 bits per heavy atom. The minimum atomic E-state index is -0.528. The van der Waals surface area contributed by atoms with Crippen LogP contribution in [0, 0.1) is 5.82 Å². The van der Waals surface area contributed by atoms with Crippen LogP contribution in [0.2, 0.25) is 0 Å². The van der Waals surface area contributed by atoms with E-state index in [0.29, 0.717) is 12.2 Å². The smallest absolute Gasteiger partial charge is 0.293 e. The number of anilines is 2. The van der Waals surface area contributed by atoms with Gasteiger partial charge in [0.2, 0.25) is 0 Å². The predicted octanol–water partition coefficient (Wildman–Crippen LogP) is 3.64. The summed E-state index contributed by atoms with van der Waals surface area (Å²) >= 11 is 0. The van der Waals surface area contributed by atoms with Crippen molar-refractivity contribution in [2.75, 3.05) is 23.4 Å². The Morgan fingerprint density at radius 3 is 2.79 bits per heavy atom. The highest BCUT2D eigenvalue weighted by Gasteiger charge is 2.27. The standard InChI is InChI=1S/C21H17FN2O4/c22-16-4-1-2-5-18(16)28-13-20(25)23-15-8-7-14-9-10-24(17(14)12-15)21(26)19-6-3-11-27-19/h1-8,11-12H,9-10,13H2,(H,23,25). The van der Waals surface area contributed by atoms with E-state index in [2.05, 4.69) is 5.32 Å². The number of furan rings is 1. The first-order chi connectivity index (χ1) is 13.6. The van der Waals surface area contributed by atoms with Crippen LogP contribution in [0.25, 0.3) is 0 Å². The molecule has 1 N–H and O–H groups in total. The number of nitrogens with one attached hydrogen (secondary N) is 1. The molecule has 0 saturated heterocycles. The van der Waals surface area contributed by atoms with Gasteiger partial charge in [-0.15, -0.1) is 0 Å². The number of amides is 2. The van der Waals surface area contributed by atoms with E-state index >= 15 is 0 Å². The summed E-state index contributed by atoms with van der Waals surface area (Å²) in [6.07, 6.45) is 2.18. The van der Waals surface area contributed by atoms with Crippen LogP contribution in [0.1, 0.15) is 16.1 Å². The number of fused-ring (bicyclic) bond motifs is 1. The quantitative estimate of drug-likeness (QED) is 0.734. The van der Waals surface area contributed by atoms with Crippen molar-refractivity contribution >= 4 is 23.2 Å². The highest BCUT2D eigenvalue weighted by molar-refractivity contribution is 6.06. The molecular formula is C21H17FN2O4. The molecule has 0 atom stereocenters. The summed E-state index contributed by atoms with van der Waals surface area (Å²) in [4.78, 5) is 26.4. The van der Waals surface area contributed by atoms with Gasteiger partial charge in [0, 0.05) is 17.9 Å². The van der Waals surface area contributed by atoms with Crippen LogP contribution in [0.15, 0.2) is 65.3 Å². The van der Waals surface area contributed by atoms with E-state index < -0.39 is 11.7 Å². The normalized spacial score (nSPS) is 12.5. The van der Waals surface area contributed by atoms with Crippen molar-refractivity contribution in [3.05, 3.63) is 78.0 Å². The van der Waals surface area contributed by atoms with E-state index in [-0.39, 0.29) is 24.0 Å². The van der Waals surface area contributed by atoms with E-state index in [9.17, 15) is 14.0 Å². The van der Waals surface area contributed by atoms with Crippen LogP contribution in [0.3, 0.4) is 0 Å². The first-order valence-corrected chi connectivity index (χ1v) is 8.77. The molecule has 0 saturated carbocycles. The number of benzene rings is 2. The maximum Gasteiger partial charge on any atom is 0.293 e. The van der Waals surface area contributed by atoms with E-state index in [1.54, 1.807) is 41.3 Å². The van der Waals surface area contributed by atoms with Gasteiger partial charge in [0.1, 0.15) is 0 Å². The zero-order valence-electron chi connectivity index (χ0n) is 14.9. The topological polar surface area (TPSA) is 71.8 Å². The molecule has 0 bridgehead atoms. The Kier molecular flexibility index (Phi) is 4.80. The number of nitrogens with zero attached hydrogens (tertiary/aromatic N) is 1. The molecule has 0 unspecified atom stereocenters. The lowest BCUT2D eigenvalue weighted by Gasteiger charge is -2.17. The molecule has 2 heterocycles. The fourth-order valence-electron chi connectivity index (χ4n) is 3.10. The third-order valence-electron chi connectivity index (χ3n) is 4.44. The molecule has 1 aliphatic heterocycles. The van der Waals surface area contributed by atoms with E-state index in [0.717, 1.165) is 17.7 Å². The van der Waals surface area contributed by atoms with Crippen LogP contribution < -0.4 is 15.0 Å². The number of hydrogen-bond donors (Lipinski definition) is 1. The Bertz CT molecular complexity index is 1020. The van der Waals surface area contributed by atoms with Gasteiger partial charge in [-0.2, -0.15) is 0 Å². The molecule has 6 nitrogen and oxygen atoms in total. The van der Waals surface area contributed by atoms with Gasteiger partial charge in [0.15, 0.2) is 23.9 Å². The number of halogens is 1. The molecule has 0 fully saturated rings. The highest BCUT2D eigenvalue weighted by Crippen LogP contribution is 2.32. The molecule has 0 radical (unpaired) electrons. The molecule has 1 aliphatic rings. The number of carbonyl (C=O) groups is 2. The second-order valence-electron chi connectivity index (χ2n) is 6.29. The number of para-hydroxylation sites is 1. The van der Waals surface area contributed by atoms with Gasteiger partial charge in [-0.05, 0) is 48.4 Å². The summed E-state index contributed by atoms with van der Waals surface area (Å²) in [7, 11) is 0. The number of carbonyl (C=O) groups excluding carboxylic acids is 2. The summed E-state index contributed by atoms with van der Waals surface area (Å²) in [5.74, 6) is -0.900. The zero-order valence-corrected chi connectivity index (χ0v) is 14.9. The van der Waals surface area contributed by atoms with Crippen LogP contribution in [-0.4, -0.2) is 25.0 Å². The SMILES string of the molecule is O=C(COc1ccccc1F)Nc1ccc2c(c1)N(C(=O)c1ccco1)CC2. The second-order valence-corrected chi connectivity index (χ2v) is 6.29. The van der Waals surface area contributed by atoms with E-state index in [4.69, 9.17) is 9.15 Å². The van der Waals surface area contributed by atoms with Crippen molar-refractivity contribution in [3.63, 3.8) is 0 Å². The van der Waals surface area contributed by atoms with Crippen molar-refractivity contribution in [2.45, 2.75) is 6.42 Å². The lowest BCUT2D eigenvalue weighted by Crippen LogP contribution is -2.28. The van der Waals surface area contributed by atoms with Gasteiger partial charge in [-0.3, -0.25) is 9.59 Å². The molecule has 2 aromatic carbocycles. The lowest BCUT2D eigenvalue weighted by atomic mass is 10.1. The fraction of sp³-hybridized carbons (Fsp3) is 0.143. The van der Waals surface area contributed by atoms with Gasteiger partial charge >= 0.3 is 0 Å². The summed E-state index contributed by atoms with van der Waals surface area (Å²) in [5.41, 5.74) is 2.27. The molecule has 142 valence electrons. The van der Waals surface area contributed by atoms with Gasteiger partial charge in [0.25, 0.3) is 11.8 Å². The predicted molar refractivity (Wildman–Crippen MR) is 101 cm³/mol. The van der Waals surface area contributed by atoms with E-state index in [1.165, 1.54) is 18.4 Å². The number of ether oxygens (including phenoxy) is 1. The maximum absolute atomic E-state index is 13.6. The monoisotopic (exact) mass is 380 g/mol. The average Bonchev–Trinajstić information content (AvgIpc) is 3.37. The summed E-state index contributed by atoms with van der Waals surface area (Å²) in [6.45, 7) is 0.218. The Labute approximate surface area is 160 Å². The zero-order chi connectivity index (χ0) is 19.5. The van der Waals surface area contributed by atoms with Crippen molar-refractivity contribution in [2.24, 2.45) is 0 Å². The highest BCUT2D eigenvalue weighted by atomic mass is 19.1. The van der Waals surface area contributed by atoms with Crippen LogP contribution in [0.5, 0.6) is 5.75 Å². The van der Waals surface area contributed by atoms with E-state index in [1.807, 2.05) is 6.07 Å². The molecule has 28 heavy (non-hydrogen) atoms. The van der Waals surface area contributed by atoms with Crippen LogP contribution in [-0.2, 0) is 11.2 Å². The van der Waals surface area contributed by atoms with Gasteiger partial charge < -0.3 is 19.4 Å². The lowest BCUT2D eigenvalue weighted by molar-refractivity contribution is -0.118. The summed E-state index contributed by atoms with van der Waals surface area (Å²) in [6, 6.07) is 14.5. The molecule has 7 heteroatoms. The minimum absolute atomic E-state index is 0.0156. The largest absolute Gasteiger partial charge is 0.481 e. The third-order valence-corrected chi connectivity index (χ3v) is 4.44. The molecule has 0 aliphatic carbocycles. The van der Waals surface area contributed by atoms with Gasteiger partial charge in [-0.1, -0.05) is 18.2 Å². The number of rotatable bonds is 5. The first kappa shape index (κ1) is 17.8. The Balaban J connectivity index is 1.44. The molecule has 1 aromatic heterocycles. The van der Waals surface area contributed by atoms with Crippen LogP contribution >= 0.6 is 0 Å². The summed E-state index contributed by atoms with van der Waals surface area (Å²) < 4.78 is 24.0. The molecule has 3 aromatic rings.